The van der Waals surface area contributed by atoms with Crippen molar-refractivity contribution in [2.75, 3.05) is 6.54 Å². The summed E-state index contributed by atoms with van der Waals surface area (Å²) < 4.78 is 0. The zero-order valence-electron chi connectivity index (χ0n) is 4.78. The van der Waals surface area contributed by atoms with E-state index in [1.54, 1.807) is 6.92 Å². The molecule has 0 atom stereocenters. The van der Waals surface area contributed by atoms with Crippen molar-refractivity contribution in [2.45, 2.75) is 18.5 Å². The Labute approximate surface area is 46.6 Å². The van der Waals surface area contributed by atoms with Gasteiger partial charge in [-0.1, -0.05) is 6.92 Å². The Balaban J connectivity index is 0. The van der Waals surface area contributed by atoms with Crippen LogP contribution in [0.2, 0.25) is 11.6 Å². The van der Waals surface area contributed by atoms with Gasteiger partial charge >= 0.3 is 26.8 Å². The zero-order valence-corrected chi connectivity index (χ0v) is 5.94. The third-order valence-corrected chi connectivity index (χ3v) is 0. The predicted octanol–water partition coefficient (Wildman–Crippen LogP) is 1.85. The summed E-state index contributed by atoms with van der Waals surface area (Å²) in [5, 5.41) is 0. The van der Waals surface area contributed by atoms with Crippen molar-refractivity contribution in [3.05, 3.63) is 5.73 Å². The summed E-state index contributed by atoms with van der Waals surface area (Å²) in [6, 6.07) is 0. The van der Waals surface area contributed by atoms with E-state index in [4.69, 9.17) is 5.73 Å². The van der Waals surface area contributed by atoms with Gasteiger partial charge in [-0.15, -0.1) is 0 Å². The molecule has 0 radical (unpaired) electrons. The van der Waals surface area contributed by atoms with Gasteiger partial charge in [0.25, 0.3) is 0 Å². The molecule has 0 bridgehead atoms. The summed E-state index contributed by atoms with van der Waals surface area (Å²) in [5.41, 5.74) is 6.21. The maximum absolute atomic E-state index is 6.21. The Hall–Kier alpha value is 0.492. The molecule has 0 fully saturated rings. The SMILES string of the molecule is CC[NH-].[CH3][Al+][CH3]. The van der Waals surface area contributed by atoms with Crippen LogP contribution in [0.25, 0.3) is 5.73 Å². The molecule has 0 rings (SSSR count). The van der Waals surface area contributed by atoms with Crippen LogP contribution in [-0.4, -0.2) is 21.8 Å². The zero-order chi connectivity index (χ0) is 5.41. The molecule has 0 aliphatic heterocycles. The number of rotatable bonds is 0. The van der Waals surface area contributed by atoms with Crippen LogP contribution in [0.1, 0.15) is 6.92 Å². The van der Waals surface area contributed by atoms with Gasteiger partial charge < -0.3 is 5.73 Å². The van der Waals surface area contributed by atoms with Crippen LogP contribution in [0, 0.1) is 0 Å². The van der Waals surface area contributed by atoms with Gasteiger partial charge in [0.15, 0.2) is 0 Å². The van der Waals surface area contributed by atoms with Gasteiger partial charge in [0.1, 0.15) is 0 Å². The fraction of sp³-hybridized carbons (Fsp3) is 1.00. The molecule has 0 aromatic carbocycles. The van der Waals surface area contributed by atoms with Crippen LogP contribution < -0.4 is 0 Å². The first-order valence-corrected chi connectivity index (χ1v) is 4.52. The fourth-order valence-corrected chi connectivity index (χ4v) is 0. The summed E-state index contributed by atoms with van der Waals surface area (Å²) in [6.07, 6.45) is 0. The molecule has 0 aliphatic rings. The monoisotopic (exact) mass is 101 g/mol. The molecule has 0 unspecified atom stereocenters. The van der Waals surface area contributed by atoms with Gasteiger partial charge in [-0.3, -0.25) is 0 Å². The van der Waals surface area contributed by atoms with Crippen LogP contribution in [0.3, 0.4) is 0 Å². The number of hydrogen-bond acceptors (Lipinski definition) is 0. The fourth-order valence-electron chi connectivity index (χ4n) is 0. The average Bonchev–Trinajstić information content (AvgIpc) is 1.39. The van der Waals surface area contributed by atoms with Crippen molar-refractivity contribution in [1.82, 2.24) is 0 Å². The molecular formula is C4H12AlN. The maximum atomic E-state index is 6.21. The Morgan fingerprint density at radius 2 is 1.50 bits per heavy atom. The van der Waals surface area contributed by atoms with E-state index in [-0.39, 0.29) is 0 Å². The summed E-state index contributed by atoms with van der Waals surface area (Å²) in [7, 11) is 0. The first-order chi connectivity index (χ1) is 2.83. The molecule has 0 amide bonds. The molecule has 1 N–H and O–H groups in total. The van der Waals surface area contributed by atoms with Gasteiger partial charge in [-0.25, -0.2) is 0 Å². The van der Waals surface area contributed by atoms with E-state index < -0.39 is 0 Å². The molecule has 6 heavy (non-hydrogen) atoms. The molecule has 0 heterocycles. The Morgan fingerprint density at radius 3 is 1.50 bits per heavy atom. The van der Waals surface area contributed by atoms with Crippen molar-refractivity contribution in [3.63, 3.8) is 0 Å². The van der Waals surface area contributed by atoms with Crippen molar-refractivity contribution >= 4 is 15.2 Å². The minimum absolute atomic E-state index is 0.500. The van der Waals surface area contributed by atoms with E-state index in [1.807, 2.05) is 0 Å². The normalized spacial score (nSPS) is 4.67. The molecule has 1 nitrogen and oxygen atoms in total. The topological polar surface area (TPSA) is 23.8 Å². The van der Waals surface area contributed by atoms with Crippen molar-refractivity contribution in [3.8, 4) is 0 Å². The molecule has 0 aliphatic carbocycles. The second-order valence-electron chi connectivity index (χ2n) is 0.931. The average molecular weight is 101 g/mol. The summed E-state index contributed by atoms with van der Waals surface area (Å²) in [4.78, 5) is 0. The molecule has 2 heteroatoms. The van der Waals surface area contributed by atoms with E-state index in [0.29, 0.717) is 6.54 Å². The first kappa shape index (κ1) is 9.70. The van der Waals surface area contributed by atoms with Crippen LogP contribution in [0.15, 0.2) is 0 Å². The number of hydrogen-bond donors (Lipinski definition) is 0. The van der Waals surface area contributed by atoms with Crippen LogP contribution in [0.4, 0.5) is 0 Å². The Kier molecular flexibility index (Phi) is 28.9. The Bertz CT molecular complexity index is 9.51. The van der Waals surface area contributed by atoms with Gasteiger partial charge in [0.2, 0.25) is 0 Å². The summed E-state index contributed by atoms with van der Waals surface area (Å²) in [6.45, 7) is 2.29. The van der Waals surface area contributed by atoms with Crippen molar-refractivity contribution in [1.29, 1.82) is 0 Å². The van der Waals surface area contributed by atoms with E-state index in [0.717, 1.165) is 15.2 Å². The third-order valence-electron chi connectivity index (χ3n) is 0. The van der Waals surface area contributed by atoms with E-state index >= 15 is 0 Å². The quantitative estimate of drug-likeness (QED) is 0.416. The van der Waals surface area contributed by atoms with Crippen molar-refractivity contribution < 1.29 is 0 Å². The molecule has 0 spiro atoms. The van der Waals surface area contributed by atoms with Gasteiger partial charge in [-0.2, -0.15) is 6.54 Å². The molecule has 0 aromatic rings. The second kappa shape index (κ2) is 17.8. The molecule has 36 valence electrons. The van der Waals surface area contributed by atoms with E-state index in [1.165, 1.54) is 0 Å². The van der Waals surface area contributed by atoms with E-state index in [9.17, 15) is 0 Å². The molecule has 0 aromatic heterocycles. The Morgan fingerprint density at radius 1 is 1.50 bits per heavy atom. The first-order valence-electron chi connectivity index (χ1n) is 2.22. The second-order valence-corrected chi connectivity index (χ2v) is 2.09. The van der Waals surface area contributed by atoms with Crippen LogP contribution >= 0.6 is 0 Å². The minimum atomic E-state index is 0.500. The third kappa shape index (κ3) is 226. The van der Waals surface area contributed by atoms with E-state index in [2.05, 4.69) is 11.6 Å². The van der Waals surface area contributed by atoms with Crippen LogP contribution in [0.5, 0.6) is 0 Å². The van der Waals surface area contributed by atoms with Gasteiger partial charge in [-0.05, 0) is 0 Å². The number of nitrogens with one attached hydrogen (secondary N) is 1. The van der Waals surface area contributed by atoms with Gasteiger partial charge in [0, 0.05) is 0 Å². The summed E-state index contributed by atoms with van der Waals surface area (Å²) >= 11 is 0.750. The van der Waals surface area contributed by atoms with Crippen LogP contribution in [-0.2, 0) is 0 Å². The molecule has 0 saturated carbocycles. The summed E-state index contributed by atoms with van der Waals surface area (Å²) in [5.74, 6) is 4.42. The van der Waals surface area contributed by atoms with Crippen molar-refractivity contribution in [2.24, 2.45) is 0 Å². The van der Waals surface area contributed by atoms with Gasteiger partial charge in [0.05, 0.1) is 0 Å². The molecular weight excluding hydrogens is 89.0 g/mol. The standard InChI is InChI=1S/C2H6N.2CH3.Al/c1-2-3;;;/h3H,2H2,1H3;2*1H3;/q-1;;;+1. The predicted molar refractivity (Wildman–Crippen MR) is 32.3 cm³/mol. The molecule has 0 saturated heterocycles.